The number of hydrogen-bond donors (Lipinski definition) is 1. The van der Waals surface area contributed by atoms with Gasteiger partial charge in [-0.05, 0) is 68.9 Å². The van der Waals surface area contributed by atoms with Crippen molar-refractivity contribution in [1.29, 1.82) is 0 Å². The fraction of sp³-hybridized carbons (Fsp3) is 0.458. The lowest BCUT2D eigenvalue weighted by Gasteiger charge is -2.32. The van der Waals surface area contributed by atoms with E-state index in [0.717, 1.165) is 17.5 Å². The summed E-state index contributed by atoms with van der Waals surface area (Å²) in [5.74, 6) is -0.400. The van der Waals surface area contributed by atoms with Crippen molar-refractivity contribution in [2.45, 2.75) is 57.9 Å². The van der Waals surface area contributed by atoms with Gasteiger partial charge in [-0.2, -0.15) is 4.31 Å². The number of carbonyl (C=O) groups excluding carboxylic acids is 1. The van der Waals surface area contributed by atoms with Crippen molar-refractivity contribution < 1.29 is 13.2 Å². The van der Waals surface area contributed by atoms with Crippen LogP contribution in [0.5, 0.6) is 0 Å². The SMILES string of the molecule is CC[C@@H](NC(=O)[C@@H]1CCCN(S(=O)(=O)c2ccc(C)cc2)C1)c1ccc(C)c(C)c1. The summed E-state index contributed by atoms with van der Waals surface area (Å²) >= 11 is 0. The summed E-state index contributed by atoms with van der Waals surface area (Å²) in [5, 5.41) is 3.16. The van der Waals surface area contributed by atoms with Gasteiger partial charge in [0.1, 0.15) is 0 Å². The van der Waals surface area contributed by atoms with Crippen LogP contribution in [0.4, 0.5) is 0 Å². The normalized spacial score (nSPS) is 18.7. The molecule has 1 saturated heterocycles. The molecule has 2 aromatic rings. The van der Waals surface area contributed by atoms with Gasteiger partial charge in [0.05, 0.1) is 16.9 Å². The highest BCUT2D eigenvalue weighted by Gasteiger charge is 2.33. The van der Waals surface area contributed by atoms with Crippen molar-refractivity contribution in [2.75, 3.05) is 13.1 Å². The second kappa shape index (κ2) is 9.31. The number of rotatable bonds is 6. The molecule has 6 heteroatoms. The molecule has 0 spiro atoms. The Morgan fingerprint density at radius 2 is 1.80 bits per heavy atom. The molecule has 0 radical (unpaired) electrons. The molecule has 2 aromatic carbocycles. The predicted octanol–water partition coefficient (Wildman–Crippen LogP) is 4.28. The molecule has 5 nitrogen and oxygen atoms in total. The Morgan fingerprint density at radius 1 is 1.10 bits per heavy atom. The first-order valence-electron chi connectivity index (χ1n) is 10.7. The third-order valence-corrected chi connectivity index (χ3v) is 7.95. The number of carbonyl (C=O) groups is 1. The lowest BCUT2D eigenvalue weighted by molar-refractivity contribution is -0.126. The Hall–Kier alpha value is -2.18. The maximum atomic E-state index is 13.0. The van der Waals surface area contributed by atoms with Crippen LogP contribution >= 0.6 is 0 Å². The Bertz CT molecular complexity index is 1000. The summed E-state index contributed by atoms with van der Waals surface area (Å²) in [4.78, 5) is 13.3. The zero-order valence-electron chi connectivity index (χ0n) is 18.3. The lowest BCUT2D eigenvalue weighted by atomic mass is 9.96. The zero-order valence-corrected chi connectivity index (χ0v) is 19.1. The van der Waals surface area contributed by atoms with Gasteiger partial charge in [0.15, 0.2) is 0 Å². The highest BCUT2D eigenvalue weighted by atomic mass is 32.2. The third kappa shape index (κ3) is 4.93. The monoisotopic (exact) mass is 428 g/mol. The van der Waals surface area contributed by atoms with E-state index in [0.29, 0.717) is 19.4 Å². The molecule has 30 heavy (non-hydrogen) atoms. The molecule has 1 N–H and O–H groups in total. The van der Waals surface area contributed by atoms with Gasteiger partial charge in [-0.15, -0.1) is 0 Å². The summed E-state index contributed by atoms with van der Waals surface area (Å²) < 4.78 is 27.5. The molecule has 1 aliphatic heterocycles. The van der Waals surface area contributed by atoms with E-state index < -0.39 is 10.0 Å². The smallest absolute Gasteiger partial charge is 0.243 e. The first-order chi connectivity index (χ1) is 14.2. The second-order valence-electron chi connectivity index (χ2n) is 8.33. The molecule has 0 aromatic heterocycles. The molecule has 0 aliphatic carbocycles. The quantitative estimate of drug-likeness (QED) is 0.747. The van der Waals surface area contributed by atoms with Gasteiger partial charge in [0.25, 0.3) is 0 Å². The van der Waals surface area contributed by atoms with E-state index in [1.54, 1.807) is 24.3 Å². The minimum atomic E-state index is -3.59. The molecule has 3 rings (SSSR count). The van der Waals surface area contributed by atoms with Crippen LogP contribution in [0.15, 0.2) is 47.4 Å². The number of amides is 1. The Morgan fingerprint density at radius 3 is 2.43 bits per heavy atom. The van der Waals surface area contributed by atoms with Gasteiger partial charge in [-0.3, -0.25) is 4.79 Å². The van der Waals surface area contributed by atoms with E-state index in [1.165, 1.54) is 15.4 Å². The van der Waals surface area contributed by atoms with Gasteiger partial charge in [0.2, 0.25) is 15.9 Å². The van der Waals surface area contributed by atoms with Gasteiger partial charge in [0, 0.05) is 13.1 Å². The number of aryl methyl sites for hydroxylation is 3. The van der Waals surface area contributed by atoms with Crippen LogP contribution < -0.4 is 5.32 Å². The first-order valence-corrected chi connectivity index (χ1v) is 12.1. The maximum Gasteiger partial charge on any atom is 0.243 e. The van der Waals surface area contributed by atoms with Crippen LogP contribution in [0, 0.1) is 26.7 Å². The highest BCUT2D eigenvalue weighted by Crippen LogP contribution is 2.26. The van der Waals surface area contributed by atoms with Crippen molar-refractivity contribution in [1.82, 2.24) is 9.62 Å². The highest BCUT2D eigenvalue weighted by molar-refractivity contribution is 7.89. The Balaban J connectivity index is 1.71. The van der Waals surface area contributed by atoms with E-state index in [-0.39, 0.29) is 29.3 Å². The van der Waals surface area contributed by atoms with Gasteiger partial charge in [-0.25, -0.2) is 8.42 Å². The molecule has 1 aliphatic rings. The largest absolute Gasteiger partial charge is 0.349 e. The molecule has 0 bridgehead atoms. The summed E-state index contributed by atoms with van der Waals surface area (Å²) in [6.07, 6.45) is 2.17. The lowest BCUT2D eigenvalue weighted by Crippen LogP contribution is -2.46. The van der Waals surface area contributed by atoms with E-state index in [2.05, 4.69) is 44.3 Å². The van der Waals surface area contributed by atoms with E-state index in [1.807, 2.05) is 6.92 Å². The fourth-order valence-electron chi connectivity index (χ4n) is 3.93. The number of piperidine rings is 1. The minimum absolute atomic E-state index is 0.0658. The first kappa shape index (κ1) is 22.5. The third-order valence-electron chi connectivity index (χ3n) is 6.07. The molecule has 0 unspecified atom stereocenters. The molecule has 1 amide bonds. The molecule has 0 saturated carbocycles. The maximum absolute atomic E-state index is 13.0. The number of benzene rings is 2. The summed E-state index contributed by atoms with van der Waals surface area (Å²) in [7, 11) is -3.59. The molecule has 1 heterocycles. The van der Waals surface area contributed by atoms with Crippen LogP contribution in [-0.4, -0.2) is 31.7 Å². The Labute approximate surface area is 180 Å². The van der Waals surface area contributed by atoms with Gasteiger partial charge in [-0.1, -0.05) is 42.8 Å². The fourth-order valence-corrected chi connectivity index (χ4v) is 5.45. The van der Waals surface area contributed by atoms with Crippen molar-refractivity contribution in [3.8, 4) is 0 Å². The zero-order chi connectivity index (χ0) is 21.9. The minimum Gasteiger partial charge on any atom is -0.349 e. The predicted molar refractivity (Wildman–Crippen MR) is 120 cm³/mol. The number of nitrogens with zero attached hydrogens (tertiary/aromatic N) is 1. The molecular formula is C24H32N2O3S. The second-order valence-corrected chi connectivity index (χ2v) is 10.3. The number of nitrogens with one attached hydrogen (secondary N) is 1. The standard InChI is InChI=1S/C24H32N2O3S/c1-5-23(20-11-10-18(3)19(4)15-20)25-24(27)21-7-6-14-26(16-21)30(28,29)22-12-8-17(2)9-13-22/h8-13,15,21,23H,5-7,14,16H2,1-4H3,(H,25,27)/t21-,23-/m1/s1. The number of hydrogen-bond acceptors (Lipinski definition) is 3. The van der Waals surface area contributed by atoms with Crippen molar-refractivity contribution in [3.05, 3.63) is 64.7 Å². The van der Waals surface area contributed by atoms with Crippen molar-refractivity contribution in [2.24, 2.45) is 5.92 Å². The van der Waals surface area contributed by atoms with E-state index in [9.17, 15) is 13.2 Å². The van der Waals surface area contributed by atoms with Gasteiger partial charge < -0.3 is 5.32 Å². The average molecular weight is 429 g/mol. The summed E-state index contributed by atoms with van der Waals surface area (Å²) in [6, 6.07) is 13.1. The molecular weight excluding hydrogens is 396 g/mol. The molecule has 2 atom stereocenters. The van der Waals surface area contributed by atoms with Gasteiger partial charge >= 0.3 is 0 Å². The van der Waals surface area contributed by atoms with E-state index in [4.69, 9.17) is 0 Å². The van der Waals surface area contributed by atoms with Crippen LogP contribution in [0.3, 0.4) is 0 Å². The summed E-state index contributed by atoms with van der Waals surface area (Å²) in [5.41, 5.74) is 4.54. The average Bonchev–Trinajstić information content (AvgIpc) is 2.74. The summed E-state index contributed by atoms with van der Waals surface area (Å²) in [6.45, 7) is 8.80. The van der Waals surface area contributed by atoms with Crippen LogP contribution in [-0.2, 0) is 14.8 Å². The molecule has 1 fully saturated rings. The van der Waals surface area contributed by atoms with Crippen LogP contribution in [0.2, 0.25) is 0 Å². The molecule has 162 valence electrons. The van der Waals surface area contributed by atoms with Crippen LogP contribution in [0.25, 0.3) is 0 Å². The van der Waals surface area contributed by atoms with E-state index >= 15 is 0 Å². The van der Waals surface area contributed by atoms with Crippen molar-refractivity contribution in [3.63, 3.8) is 0 Å². The van der Waals surface area contributed by atoms with Crippen molar-refractivity contribution >= 4 is 15.9 Å². The Kier molecular flexibility index (Phi) is 6.98. The topological polar surface area (TPSA) is 66.5 Å². The number of sulfonamides is 1. The van der Waals surface area contributed by atoms with Crippen LogP contribution in [0.1, 0.15) is 54.5 Å².